The van der Waals surface area contributed by atoms with Crippen molar-refractivity contribution < 1.29 is 14.8 Å². The molecule has 1 aromatic heterocycles. The lowest BCUT2D eigenvalue weighted by molar-refractivity contribution is -0.384. The number of nitrogens with zero attached hydrogens (tertiary/aromatic N) is 2. The van der Waals surface area contributed by atoms with Crippen LogP contribution in [0.1, 0.15) is 21.7 Å². The van der Waals surface area contributed by atoms with Gasteiger partial charge >= 0.3 is 5.97 Å². The zero-order chi connectivity index (χ0) is 15.2. The van der Waals surface area contributed by atoms with Gasteiger partial charge in [-0.15, -0.1) is 0 Å². The van der Waals surface area contributed by atoms with Crippen LogP contribution in [-0.2, 0) is 13.1 Å². The first-order valence-corrected chi connectivity index (χ1v) is 6.19. The largest absolute Gasteiger partial charge is 0.477 e. The van der Waals surface area contributed by atoms with E-state index in [0.29, 0.717) is 18.8 Å². The second-order valence-electron chi connectivity index (χ2n) is 4.35. The Labute approximate surface area is 120 Å². The van der Waals surface area contributed by atoms with E-state index in [1.807, 2.05) is 0 Å². The highest BCUT2D eigenvalue weighted by Gasteiger charge is 2.06. The molecule has 2 aromatic rings. The Balaban J connectivity index is 1.90. The summed E-state index contributed by atoms with van der Waals surface area (Å²) < 4.78 is 0. The number of nitro benzene ring substituents is 1. The molecule has 0 aliphatic heterocycles. The zero-order valence-corrected chi connectivity index (χ0v) is 11.0. The number of nitrogens with one attached hydrogen (secondary N) is 1. The molecule has 0 unspecified atom stereocenters. The molecule has 1 aromatic carbocycles. The van der Waals surface area contributed by atoms with Crippen LogP contribution < -0.4 is 5.32 Å². The molecule has 2 N–H and O–H groups in total. The molecule has 21 heavy (non-hydrogen) atoms. The molecule has 2 rings (SSSR count). The predicted molar refractivity (Wildman–Crippen MR) is 74.8 cm³/mol. The van der Waals surface area contributed by atoms with Crippen LogP contribution in [0.4, 0.5) is 5.69 Å². The summed E-state index contributed by atoms with van der Waals surface area (Å²) in [5.74, 6) is -1.06. The van der Waals surface area contributed by atoms with Gasteiger partial charge in [-0.25, -0.2) is 9.78 Å². The van der Waals surface area contributed by atoms with E-state index in [4.69, 9.17) is 5.11 Å². The van der Waals surface area contributed by atoms with Crippen molar-refractivity contribution in [3.05, 3.63) is 69.5 Å². The van der Waals surface area contributed by atoms with Crippen LogP contribution in [-0.4, -0.2) is 21.0 Å². The Morgan fingerprint density at radius 2 is 1.90 bits per heavy atom. The highest BCUT2D eigenvalue weighted by Crippen LogP contribution is 2.11. The maximum atomic E-state index is 10.8. The fourth-order valence-corrected chi connectivity index (χ4v) is 1.77. The molecule has 0 saturated heterocycles. The third kappa shape index (κ3) is 4.08. The monoisotopic (exact) mass is 287 g/mol. The van der Waals surface area contributed by atoms with Crippen LogP contribution in [0.2, 0.25) is 0 Å². The van der Waals surface area contributed by atoms with Crippen molar-refractivity contribution in [2.24, 2.45) is 0 Å². The van der Waals surface area contributed by atoms with E-state index in [-0.39, 0.29) is 11.4 Å². The average Bonchev–Trinajstić information content (AvgIpc) is 2.48. The lowest BCUT2D eigenvalue weighted by Crippen LogP contribution is -2.14. The van der Waals surface area contributed by atoms with Gasteiger partial charge in [-0.05, 0) is 17.7 Å². The number of nitro groups is 1. The van der Waals surface area contributed by atoms with Crippen molar-refractivity contribution in [1.29, 1.82) is 0 Å². The van der Waals surface area contributed by atoms with Crippen LogP contribution in [0.25, 0.3) is 0 Å². The minimum atomic E-state index is -1.06. The third-order valence-corrected chi connectivity index (χ3v) is 2.81. The molecule has 0 amide bonds. The summed E-state index contributed by atoms with van der Waals surface area (Å²) in [6.45, 7) is 0.926. The average molecular weight is 287 g/mol. The standard InChI is InChI=1S/C14H13N3O4/c18-14(19)13-3-1-2-11(16-13)9-15-8-10-4-6-12(7-5-10)17(20)21/h1-7,15H,8-9H2,(H,18,19). The van der Waals surface area contributed by atoms with Gasteiger partial charge in [0.2, 0.25) is 0 Å². The van der Waals surface area contributed by atoms with Gasteiger partial charge in [-0.2, -0.15) is 0 Å². The normalized spacial score (nSPS) is 10.3. The molecule has 0 fully saturated rings. The number of pyridine rings is 1. The molecule has 1 heterocycles. The highest BCUT2D eigenvalue weighted by atomic mass is 16.6. The third-order valence-electron chi connectivity index (χ3n) is 2.81. The van der Waals surface area contributed by atoms with Crippen LogP contribution >= 0.6 is 0 Å². The Bertz CT molecular complexity index is 656. The molecular formula is C14H13N3O4. The summed E-state index contributed by atoms with van der Waals surface area (Å²) in [6, 6.07) is 11.0. The maximum absolute atomic E-state index is 10.8. The van der Waals surface area contributed by atoms with Gasteiger partial charge in [0.1, 0.15) is 5.69 Å². The van der Waals surface area contributed by atoms with Gasteiger partial charge in [-0.3, -0.25) is 10.1 Å². The van der Waals surface area contributed by atoms with Crippen LogP contribution in [0, 0.1) is 10.1 Å². The van der Waals surface area contributed by atoms with Gasteiger partial charge in [0.15, 0.2) is 0 Å². The minimum Gasteiger partial charge on any atom is -0.477 e. The summed E-state index contributed by atoms with van der Waals surface area (Å²) in [4.78, 5) is 24.9. The first kappa shape index (κ1) is 14.6. The molecule has 0 bridgehead atoms. The lowest BCUT2D eigenvalue weighted by atomic mass is 10.2. The number of hydrogen-bond donors (Lipinski definition) is 2. The van der Waals surface area contributed by atoms with E-state index in [0.717, 1.165) is 5.56 Å². The molecule has 0 spiro atoms. The quantitative estimate of drug-likeness (QED) is 0.621. The van der Waals surface area contributed by atoms with Crippen molar-refractivity contribution in [3.63, 3.8) is 0 Å². The van der Waals surface area contributed by atoms with E-state index >= 15 is 0 Å². The second kappa shape index (κ2) is 6.58. The summed E-state index contributed by atoms with van der Waals surface area (Å²) in [6.07, 6.45) is 0. The minimum absolute atomic E-state index is 0.00429. The maximum Gasteiger partial charge on any atom is 0.354 e. The number of aromatic carboxylic acids is 1. The first-order chi connectivity index (χ1) is 10.1. The van der Waals surface area contributed by atoms with Crippen LogP contribution in [0.5, 0.6) is 0 Å². The Morgan fingerprint density at radius 3 is 2.52 bits per heavy atom. The zero-order valence-electron chi connectivity index (χ0n) is 11.0. The summed E-state index contributed by atoms with van der Waals surface area (Å²) >= 11 is 0. The number of rotatable bonds is 6. The Hall–Kier alpha value is -2.80. The fraction of sp³-hybridized carbons (Fsp3) is 0.143. The summed E-state index contributed by atoms with van der Waals surface area (Å²) in [7, 11) is 0. The van der Waals surface area contributed by atoms with Crippen LogP contribution in [0.3, 0.4) is 0 Å². The number of carboxylic acid groups (broad SMARTS) is 1. The van der Waals surface area contributed by atoms with Gasteiger partial charge in [0.05, 0.1) is 10.6 Å². The second-order valence-corrected chi connectivity index (χ2v) is 4.35. The van der Waals surface area contributed by atoms with Gasteiger partial charge in [0.25, 0.3) is 5.69 Å². The van der Waals surface area contributed by atoms with Gasteiger partial charge in [0, 0.05) is 25.2 Å². The number of carboxylic acids is 1. The number of hydrogen-bond acceptors (Lipinski definition) is 5. The van der Waals surface area contributed by atoms with E-state index in [2.05, 4.69) is 10.3 Å². The lowest BCUT2D eigenvalue weighted by Gasteiger charge is -2.05. The van der Waals surface area contributed by atoms with E-state index in [1.54, 1.807) is 24.3 Å². The van der Waals surface area contributed by atoms with E-state index < -0.39 is 10.9 Å². The first-order valence-electron chi connectivity index (χ1n) is 6.19. The van der Waals surface area contributed by atoms with Crippen molar-refractivity contribution in [2.75, 3.05) is 0 Å². The highest BCUT2D eigenvalue weighted by molar-refractivity contribution is 5.85. The number of aromatic nitrogens is 1. The SMILES string of the molecule is O=C(O)c1cccc(CNCc2ccc([N+](=O)[O-])cc2)n1. The number of carbonyl (C=O) groups is 1. The topological polar surface area (TPSA) is 105 Å². The molecule has 108 valence electrons. The molecule has 0 aliphatic carbocycles. The molecule has 0 aliphatic rings. The Kier molecular flexibility index (Phi) is 4.57. The molecule has 0 radical (unpaired) electrons. The van der Waals surface area contributed by atoms with Crippen molar-refractivity contribution >= 4 is 11.7 Å². The van der Waals surface area contributed by atoms with Gasteiger partial charge < -0.3 is 10.4 Å². The van der Waals surface area contributed by atoms with Crippen LogP contribution in [0.15, 0.2) is 42.5 Å². The number of non-ortho nitro benzene ring substituents is 1. The van der Waals surface area contributed by atoms with Crippen molar-refractivity contribution in [2.45, 2.75) is 13.1 Å². The Morgan fingerprint density at radius 1 is 1.19 bits per heavy atom. The van der Waals surface area contributed by atoms with Crippen molar-refractivity contribution in [3.8, 4) is 0 Å². The predicted octanol–water partition coefficient (Wildman–Crippen LogP) is 1.98. The fourth-order valence-electron chi connectivity index (χ4n) is 1.77. The molecule has 7 nitrogen and oxygen atoms in total. The van der Waals surface area contributed by atoms with E-state index in [9.17, 15) is 14.9 Å². The molecular weight excluding hydrogens is 274 g/mol. The molecule has 7 heteroatoms. The summed E-state index contributed by atoms with van der Waals surface area (Å²) in [5, 5.41) is 22.5. The summed E-state index contributed by atoms with van der Waals surface area (Å²) in [5.41, 5.74) is 1.58. The molecule has 0 atom stereocenters. The molecule has 0 saturated carbocycles. The van der Waals surface area contributed by atoms with Crippen molar-refractivity contribution in [1.82, 2.24) is 10.3 Å². The van der Waals surface area contributed by atoms with Gasteiger partial charge in [-0.1, -0.05) is 18.2 Å². The van der Waals surface area contributed by atoms with E-state index in [1.165, 1.54) is 18.2 Å². The smallest absolute Gasteiger partial charge is 0.354 e. The number of benzene rings is 1.